The molecule has 2 rings (SSSR count). The molecule has 1 fully saturated rings. The van der Waals surface area contributed by atoms with Crippen LogP contribution in [0.3, 0.4) is 0 Å². The number of non-ortho nitro benzene ring substituents is 1. The van der Waals surface area contributed by atoms with Gasteiger partial charge in [-0.05, 0) is 6.07 Å². The molecular weight excluding hydrogens is 344 g/mol. The summed E-state index contributed by atoms with van der Waals surface area (Å²) >= 11 is 6.97. The molecule has 0 spiro atoms. The number of carbonyl (C=O) groups is 1. The molecule has 0 amide bonds. The van der Waals surface area contributed by atoms with Crippen molar-refractivity contribution in [2.24, 2.45) is 0 Å². The fraction of sp³-hybridized carbons (Fsp3) is 0.300. The van der Waals surface area contributed by atoms with Gasteiger partial charge in [0.25, 0.3) is 5.69 Å². The first kappa shape index (κ1) is 16.0. The predicted octanol–water partition coefficient (Wildman–Crippen LogP) is 1.40. The van der Waals surface area contributed by atoms with Crippen molar-refractivity contribution >= 4 is 45.0 Å². The Balaban J connectivity index is 2.45. The third-order valence-electron chi connectivity index (χ3n) is 2.84. The summed E-state index contributed by atoms with van der Waals surface area (Å²) in [5.74, 6) is -1.12. The van der Waals surface area contributed by atoms with E-state index in [0.717, 1.165) is 22.5 Å². The summed E-state index contributed by atoms with van der Waals surface area (Å²) in [5, 5.41) is 19.3. The van der Waals surface area contributed by atoms with Crippen molar-refractivity contribution in [2.75, 3.05) is 11.6 Å². The van der Waals surface area contributed by atoms with Crippen LogP contribution in [0.15, 0.2) is 23.1 Å². The van der Waals surface area contributed by atoms with E-state index in [1.54, 1.807) is 0 Å². The third kappa shape index (κ3) is 2.98. The first-order valence-corrected chi connectivity index (χ1v) is 8.48. The first-order chi connectivity index (χ1) is 9.75. The number of nitro benzene ring substituents is 1. The molecular formula is C10H9ClN2O6S2. The minimum absolute atomic E-state index is 0.00732. The number of rotatable bonds is 4. The molecule has 1 aliphatic heterocycles. The highest BCUT2D eigenvalue weighted by Crippen LogP contribution is 2.33. The number of carboxylic acid groups (broad SMARTS) is 1. The van der Waals surface area contributed by atoms with E-state index in [2.05, 4.69) is 0 Å². The normalized spacial score (nSPS) is 19.6. The quantitative estimate of drug-likeness (QED) is 0.642. The molecule has 1 aromatic rings. The van der Waals surface area contributed by atoms with Gasteiger partial charge in [0.1, 0.15) is 10.9 Å². The lowest BCUT2D eigenvalue weighted by Gasteiger charge is -2.20. The van der Waals surface area contributed by atoms with Gasteiger partial charge >= 0.3 is 5.97 Å². The van der Waals surface area contributed by atoms with Crippen molar-refractivity contribution in [1.29, 1.82) is 0 Å². The maximum Gasteiger partial charge on any atom is 0.322 e. The Morgan fingerprint density at radius 2 is 2.19 bits per heavy atom. The third-order valence-corrected chi connectivity index (χ3v) is 6.35. The Hall–Kier alpha value is -1.36. The highest BCUT2D eigenvalue weighted by Gasteiger charge is 2.41. The van der Waals surface area contributed by atoms with Crippen molar-refractivity contribution in [2.45, 2.75) is 10.9 Å². The summed E-state index contributed by atoms with van der Waals surface area (Å²) in [5.41, 5.74) is -0.343. The topological polar surface area (TPSA) is 118 Å². The minimum Gasteiger partial charge on any atom is -0.480 e. The van der Waals surface area contributed by atoms with Crippen molar-refractivity contribution in [3.05, 3.63) is 33.3 Å². The molecule has 1 atom stereocenters. The summed E-state index contributed by atoms with van der Waals surface area (Å²) in [6, 6.07) is 1.77. The van der Waals surface area contributed by atoms with Crippen LogP contribution < -0.4 is 0 Å². The molecule has 11 heteroatoms. The molecule has 0 bridgehead atoms. The monoisotopic (exact) mass is 352 g/mol. The summed E-state index contributed by atoms with van der Waals surface area (Å²) in [4.78, 5) is 20.6. The number of sulfonamides is 1. The average Bonchev–Trinajstić information content (AvgIpc) is 2.88. The van der Waals surface area contributed by atoms with E-state index in [4.69, 9.17) is 16.7 Å². The molecule has 1 saturated heterocycles. The molecule has 0 aromatic heterocycles. The van der Waals surface area contributed by atoms with Gasteiger partial charge in [0.15, 0.2) is 0 Å². The van der Waals surface area contributed by atoms with Gasteiger partial charge in [-0.3, -0.25) is 14.9 Å². The Bertz CT molecular complexity index is 707. The van der Waals surface area contributed by atoms with Crippen LogP contribution in [0.2, 0.25) is 5.02 Å². The molecule has 0 radical (unpaired) electrons. The zero-order valence-electron chi connectivity index (χ0n) is 10.3. The van der Waals surface area contributed by atoms with E-state index in [1.807, 2.05) is 0 Å². The molecule has 1 heterocycles. The number of aliphatic carboxylic acids is 1. The molecule has 114 valence electrons. The lowest BCUT2D eigenvalue weighted by Crippen LogP contribution is -2.41. The zero-order valence-corrected chi connectivity index (χ0v) is 12.7. The molecule has 1 N–H and O–H groups in total. The Kier molecular flexibility index (Phi) is 4.42. The smallest absolute Gasteiger partial charge is 0.322 e. The molecule has 0 saturated carbocycles. The van der Waals surface area contributed by atoms with Gasteiger partial charge < -0.3 is 5.11 Å². The fourth-order valence-electron chi connectivity index (χ4n) is 1.80. The van der Waals surface area contributed by atoms with Crippen molar-refractivity contribution in [3.8, 4) is 0 Å². The Labute approximate surface area is 128 Å². The van der Waals surface area contributed by atoms with Crippen LogP contribution in [0.4, 0.5) is 5.69 Å². The van der Waals surface area contributed by atoms with Crippen LogP contribution >= 0.6 is 23.4 Å². The van der Waals surface area contributed by atoms with Crippen LogP contribution in [-0.2, 0) is 14.8 Å². The molecule has 8 nitrogen and oxygen atoms in total. The van der Waals surface area contributed by atoms with Crippen molar-refractivity contribution in [3.63, 3.8) is 0 Å². The van der Waals surface area contributed by atoms with E-state index in [0.29, 0.717) is 0 Å². The maximum absolute atomic E-state index is 12.4. The van der Waals surface area contributed by atoms with Crippen molar-refractivity contribution in [1.82, 2.24) is 4.31 Å². The largest absolute Gasteiger partial charge is 0.480 e. The number of hydrogen-bond donors (Lipinski definition) is 1. The summed E-state index contributed by atoms with van der Waals surface area (Å²) < 4.78 is 25.7. The number of carboxylic acids is 1. The number of benzene rings is 1. The zero-order chi connectivity index (χ0) is 15.8. The fourth-order valence-corrected chi connectivity index (χ4v) is 5.45. The second-order valence-electron chi connectivity index (χ2n) is 4.12. The number of nitro groups is 1. The van der Waals surface area contributed by atoms with Gasteiger partial charge in [-0.15, -0.1) is 11.8 Å². The second-order valence-corrected chi connectivity index (χ2v) is 7.38. The highest BCUT2D eigenvalue weighted by molar-refractivity contribution is 8.00. The molecule has 1 unspecified atom stereocenters. The van der Waals surface area contributed by atoms with Gasteiger partial charge in [-0.25, -0.2) is 8.42 Å². The first-order valence-electron chi connectivity index (χ1n) is 5.51. The number of nitrogens with zero attached hydrogens (tertiary/aromatic N) is 2. The lowest BCUT2D eigenvalue weighted by molar-refractivity contribution is -0.384. The van der Waals surface area contributed by atoms with Crippen molar-refractivity contribution < 1.29 is 23.2 Å². The maximum atomic E-state index is 12.4. The van der Waals surface area contributed by atoms with E-state index in [9.17, 15) is 23.3 Å². The van der Waals surface area contributed by atoms with Crippen LogP contribution in [0.25, 0.3) is 0 Å². The summed E-state index contributed by atoms with van der Waals surface area (Å²) in [7, 11) is -4.13. The summed E-state index contributed by atoms with van der Waals surface area (Å²) in [6.07, 6.45) is 0. The van der Waals surface area contributed by atoms with E-state index >= 15 is 0 Å². The van der Waals surface area contributed by atoms with Gasteiger partial charge in [0.2, 0.25) is 10.0 Å². The van der Waals surface area contributed by atoms with Crippen LogP contribution in [0.1, 0.15) is 0 Å². The number of thioether (sulfide) groups is 1. The van der Waals surface area contributed by atoms with Crippen LogP contribution in [0, 0.1) is 10.1 Å². The number of hydrogen-bond acceptors (Lipinski definition) is 6. The van der Waals surface area contributed by atoms with Gasteiger partial charge in [0.05, 0.1) is 15.8 Å². The molecule has 1 aromatic carbocycles. The molecule has 21 heavy (non-hydrogen) atoms. The van der Waals surface area contributed by atoms with E-state index in [-0.39, 0.29) is 27.2 Å². The summed E-state index contributed by atoms with van der Waals surface area (Å²) in [6.45, 7) is 0. The second kappa shape index (κ2) is 5.79. The standard InChI is InChI=1S/C10H9ClN2O6S2/c11-7-3-6(13(16)17)1-2-9(7)21(18,19)12-5-20-4-8(12)10(14)15/h1-3,8H,4-5H2,(H,14,15). The van der Waals surface area contributed by atoms with E-state index in [1.165, 1.54) is 11.8 Å². The SMILES string of the molecule is O=C(O)C1CSCN1S(=O)(=O)c1ccc([N+](=O)[O-])cc1Cl. The highest BCUT2D eigenvalue weighted by atomic mass is 35.5. The van der Waals surface area contributed by atoms with Gasteiger partial charge in [-0.2, -0.15) is 4.31 Å². The Morgan fingerprint density at radius 1 is 1.52 bits per heavy atom. The predicted molar refractivity (Wildman–Crippen MR) is 75.9 cm³/mol. The molecule has 1 aliphatic rings. The van der Waals surface area contributed by atoms with Gasteiger partial charge in [0, 0.05) is 17.9 Å². The Morgan fingerprint density at radius 3 is 2.71 bits per heavy atom. The van der Waals surface area contributed by atoms with Crippen LogP contribution in [0.5, 0.6) is 0 Å². The lowest BCUT2D eigenvalue weighted by atomic mass is 10.3. The number of halogens is 1. The van der Waals surface area contributed by atoms with E-state index < -0.39 is 27.0 Å². The average molecular weight is 353 g/mol. The van der Waals surface area contributed by atoms with Gasteiger partial charge in [-0.1, -0.05) is 11.6 Å². The minimum atomic E-state index is -4.13. The van der Waals surface area contributed by atoms with Crippen LogP contribution in [-0.4, -0.2) is 46.4 Å². The molecule has 0 aliphatic carbocycles.